The second-order valence-corrected chi connectivity index (χ2v) is 4.50. The molecular weight excluding hydrogens is 224 g/mol. The summed E-state index contributed by atoms with van der Waals surface area (Å²) < 4.78 is 0. The maximum Gasteiger partial charge on any atom is 0.304 e. The van der Waals surface area contributed by atoms with E-state index in [9.17, 15) is 4.79 Å². The third-order valence-electron chi connectivity index (χ3n) is 3.30. The highest BCUT2D eigenvalue weighted by molar-refractivity contribution is 6.30. The zero-order valence-electron chi connectivity index (χ0n) is 9.66. The molecule has 0 radical (unpaired) electrons. The van der Waals surface area contributed by atoms with Gasteiger partial charge in [-0.15, -0.1) is 0 Å². The number of carboxylic acids is 1. The van der Waals surface area contributed by atoms with E-state index in [1.807, 2.05) is 38.1 Å². The van der Waals surface area contributed by atoms with Crippen LogP contribution >= 0.6 is 11.6 Å². The van der Waals surface area contributed by atoms with Crippen LogP contribution in [0, 0.1) is 0 Å². The van der Waals surface area contributed by atoms with Crippen LogP contribution in [0.5, 0.6) is 0 Å². The zero-order valence-corrected chi connectivity index (χ0v) is 10.4. The Bertz CT molecular complexity index is 353. The zero-order chi connectivity index (χ0) is 12.2. The first-order chi connectivity index (χ1) is 7.54. The van der Waals surface area contributed by atoms with Crippen LogP contribution in [0.4, 0.5) is 0 Å². The van der Waals surface area contributed by atoms with Gasteiger partial charge in [-0.2, -0.15) is 0 Å². The number of benzene rings is 1. The Morgan fingerprint density at radius 1 is 1.25 bits per heavy atom. The summed E-state index contributed by atoms with van der Waals surface area (Å²) in [6.07, 6.45) is 1.80. The topological polar surface area (TPSA) is 37.3 Å². The normalized spacial score (nSPS) is 11.4. The largest absolute Gasteiger partial charge is 0.481 e. The molecule has 0 aliphatic carbocycles. The van der Waals surface area contributed by atoms with Gasteiger partial charge in [0.05, 0.1) is 6.42 Å². The summed E-state index contributed by atoms with van der Waals surface area (Å²) in [6, 6.07) is 7.49. The number of hydrogen-bond acceptors (Lipinski definition) is 1. The third-order valence-corrected chi connectivity index (χ3v) is 3.55. The van der Waals surface area contributed by atoms with Crippen molar-refractivity contribution in [2.45, 2.75) is 38.5 Å². The minimum atomic E-state index is -0.751. The van der Waals surface area contributed by atoms with Crippen LogP contribution in [0.25, 0.3) is 0 Å². The molecule has 1 N–H and O–H groups in total. The summed E-state index contributed by atoms with van der Waals surface area (Å²) in [5, 5.41) is 9.68. The van der Waals surface area contributed by atoms with E-state index in [0.717, 1.165) is 18.4 Å². The van der Waals surface area contributed by atoms with Crippen molar-refractivity contribution in [3.63, 3.8) is 0 Å². The van der Waals surface area contributed by atoms with Crippen molar-refractivity contribution in [1.29, 1.82) is 0 Å². The van der Waals surface area contributed by atoms with Crippen LogP contribution < -0.4 is 0 Å². The van der Waals surface area contributed by atoms with Gasteiger partial charge >= 0.3 is 5.97 Å². The first-order valence-electron chi connectivity index (χ1n) is 5.52. The fourth-order valence-electron chi connectivity index (χ4n) is 2.10. The minimum absolute atomic E-state index is 0.168. The molecule has 1 aromatic rings. The van der Waals surface area contributed by atoms with Crippen molar-refractivity contribution < 1.29 is 9.90 Å². The van der Waals surface area contributed by atoms with Crippen LogP contribution in [0.1, 0.15) is 38.7 Å². The predicted octanol–water partition coefficient (Wildman–Crippen LogP) is 3.87. The van der Waals surface area contributed by atoms with Gasteiger partial charge in [0, 0.05) is 10.4 Å². The molecule has 0 saturated carbocycles. The number of carbonyl (C=O) groups is 1. The van der Waals surface area contributed by atoms with E-state index in [-0.39, 0.29) is 11.8 Å². The Hall–Kier alpha value is -1.02. The van der Waals surface area contributed by atoms with Crippen LogP contribution in [0.2, 0.25) is 5.02 Å². The highest BCUT2D eigenvalue weighted by Gasteiger charge is 2.30. The minimum Gasteiger partial charge on any atom is -0.481 e. The van der Waals surface area contributed by atoms with E-state index in [4.69, 9.17) is 16.7 Å². The first kappa shape index (κ1) is 13.0. The molecule has 0 heterocycles. The number of rotatable bonds is 5. The summed E-state index contributed by atoms with van der Waals surface area (Å²) in [5.41, 5.74) is 0.792. The van der Waals surface area contributed by atoms with E-state index < -0.39 is 5.97 Å². The van der Waals surface area contributed by atoms with E-state index in [0.29, 0.717) is 5.02 Å². The summed E-state index contributed by atoms with van der Waals surface area (Å²) in [7, 11) is 0. The van der Waals surface area contributed by atoms with Crippen molar-refractivity contribution >= 4 is 17.6 Å². The monoisotopic (exact) mass is 240 g/mol. The molecule has 0 spiro atoms. The average molecular weight is 241 g/mol. The van der Waals surface area contributed by atoms with Crippen LogP contribution in [-0.2, 0) is 10.2 Å². The highest BCUT2D eigenvalue weighted by Crippen LogP contribution is 2.35. The van der Waals surface area contributed by atoms with Gasteiger partial charge in [-0.3, -0.25) is 4.79 Å². The molecule has 0 bridgehead atoms. The Morgan fingerprint density at radius 3 is 2.12 bits per heavy atom. The van der Waals surface area contributed by atoms with Gasteiger partial charge in [0.25, 0.3) is 0 Å². The quantitative estimate of drug-likeness (QED) is 0.848. The summed E-state index contributed by atoms with van der Waals surface area (Å²) in [4.78, 5) is 10.9. The summed E-state index contributed by atoms with van der Waals surface area (Å²) >= 11 is 5.84. The predicted molar refractivity (Wildman–Crippen MR) is 66.0 cm³/mol. The molecule has 0 amide bonds. The Morgan fingerprint density at radius 2 is 1.75 bits per heavy atom. The molecule has 0 aliphatic heterocycles. The lowest BCUT2D eigenvalue weighted by Crippen LogP contribution is -2.27. The van der Waals surface area contributed by atoms with E-state index in [1.54, 1.807) is 0 Å². The first-order valence-corrected chi connectivity index (χ1v) is 5.89. The number of hydrogen-bond donors (Lipinski definition) is 1. The molecule has 0 aliphatic rings. The number of halogens is 1. The molecule has 0 unspecified atom stereocenters. The highest BCUT2D eigenvalue weighted by atomic mass is 35.5. The molecule has 0 atom stereocenters. The summed E-state index contributed by atoms with van der Waals surface area (Å²) in [5.74, 6) is -0.751. The standard InChI is InChI=1S/C13H17ClO2/c1-3-13(4-2,9-12(15)16)10-5-7-11(14)8-6-10/h5-8H,3-4,9H2,1-2H3,(H,15,16). The molecule has 0 saturated heterocycles. The van der Waals surface area contributed by atoms with Gasteiger partial charge < -0.3 is 5.11 Å². The van der Waals surface area contributed by atoms with Crippen molar-refractivity contribution in [2.24, 2.45) is 0 Å². The molecule has 3 heteroatoms. The lowest BCUT2D eigenvalue weighted by molar-refractivity contribution is -0.138. The lowest BCUT2D eigenvalue weighted by atomic mass is 9.73. The smallest absolute Gasteiger partial charge is 0.304 e. The maximum atomic E-state index is 10.9. The lowest BCUT2D eigenvalue weighted by Gasteiger charge is -2.30. The third kappa shape index (κ3) is 2.76. The SMILES string of the molecule is CCC(CC)(CC(=O)O)c1ccc(Cl)cc1. The Balaban J connectivity index is 3.09. The summed E-state index contributed by atoms with van der Waals surface area (Å²) in [6.45, 7) is 4.06. The fourth-order valence-corrected chi connectivity index (χ4v) is 2.23. The van der Waals surface area contributed by atoms with Gasteiger partial charge in [0.1, 0.15) is 0 Å². The molecule has 88 valence electrons. The Kier molecular flexibility index (Phi) is 4.36. The molecule has 2 nitrogen and oxygen atoms in total. The van der Waals surface area contributed by atoms with E-state index >= 15 is 0 Å². The molecule has 16 heavy (non-hydrogen) atoms. The van der Waals surface area contributed by atoms with Crippen LogP contribution in [-0.4, -0.2) is 11.1 Å². The Labute approximate surface area is 101 Å². The molecule has 1 rings (SSSR count). The van der Waals surface area contributed by atoms with Crippen molar-refractivity contribution in [1.82, 2.24) is 0 Å². The van der Waals surface area contributed by atoms with Crippen molar-refractivity contribution in [3.8, 4) is 0 Å². The van der Waals surface area contributed by atoms with Crippen LogP contribution in [0.15, 0.2) is 24.3 Å². The van der Waals surface area contributed by atoms with Crippen molar-refractivity contribution in [3.05, 3.63) is 34.9 Å². The van der Waals surface area contributed by atoms with E-state index in [1.165, 1.54) is 0 Å². The number of aliphatic carboxylic acids is 1. The van der Waals surface area contributed by atoms with Gasteiger partial charge in [-0.05, 0) is 30.5 Å². The van der Waals surface area contributed by atoms with Crippen molar-refractivity contribution in [2.75, 3.05) is 0 Å². The second-order valence-electron chi connectivity index (χ2n) is 4.06. The number of carboxylic acid groups (broad SMARTS) is 1. The van der Waals surface area contributed by atoms with Gasteiger partial charge in [0.2, 0.25) is 0 Å². The fraction of sp³-hybridized carbons (Fsp3) is 0.462. The maximum absolute atomic E-state index is 10.9. The molecule has 1 aromatic carbocycles. The molecule has 0 aromatic heterocycles. The molecular formula is C13H17ClO2. The van der Waals surface area contributed by atoms with Crippen LogP contribution in [0.3, 0.4) is 0 Å². The van der Waals surface area contributed by atoms with Gasteiger partial charge in [-0.25, -0.2) is 0 Å². The van der Waals surface area contributed by atoms with E-state index in [2.05, 4.69) is 0 Å². The van der Waals surface area contributed by atoms with Gasteiger partial charge in [0.15, 0.2) is 0 Å². The molecule has 0 fully saturated rings. The van der Waals surface area contributed by atoms with Gasteiger partial charge in [-0.1, -0.05) is 37.6 Å². The second kappa shape index (κ2) is 5.35. The average Bonchev–Trinajstić information content (AvgIpc) is 2.27.